The van der Waals surface area contributed by atoms with E-state index in [1.807, 2.05) is 11.8 Å². The van der Waals surface area contributed by atoms with Crippen LogP contribution in [-0.4, -0.2) is 22.5 Å². The molecule has 3 N–H and O–H groups in total. The molecule has 1 aliphatic heterocycles. The second-order valence-corrected chi connectivity index (χ2v) is 6.32. The van der Waals surface area contributed by atoms with E-state index in [1.54, 1.807) is 6.07 Å². The minimum atomic E-state index is -4.46. The number of nitrogens with one attached hydrogen (secondary N) is 1. The summed E-state index contributed by atoms with van der Waals surface area (Å²) in [7, 11) is 0. The molecule has 7 heteroatoms. The number of nitrogens with two attached hydrogens (primary N) is 1. The molecule has 110 valence electrons. The smallest absolute Gasteiger partial charge is 0.389 e. The fraction of sp³-hybridized carbons (Fsp3) is 0.462. The van der Waals surface area contributed by atoms with Crippen LogP contribution in [0.5, 0.6) is 0 Å². The molecule has 2 rings (SSSR count). The first-order chi connectivity index (χ1) is 9.38. The van der Waals surface area contributed by atoms with Crippen molar-refractivity contribution in [3.05, 3.63) is 29.3 Å². The number of hydrogen-bond acceptors (Lipinski definition) is 3. The number of thioether (sulfide) groups is 1. The molecule has 1 saturated heterocycles. The van der Waals surface area contributed by atoms with Crippen LogP contribution in [-0.2, 0) is 6.18 Å². The lowest BCUT2D eigenvalue weighted by Gasteiger charge is -2.24. The largest absolute Gasteiger partial charge is 0.417 e. The molecule has 0 bridgehead atoms. The van der Waals surface area contributed by atoms with Gasteiger partial charge in [0, 0.05) is 17.3 Å². The molecule has 0 atom stereocenters. The van der Waals surface area contributed by atoms with Gasteiger partial charge < -0.3 is 11.1 Å². The Kier molecular flexibility index (Phi) is 4.80. The SMILES string of the molecule is NC(=S)c1ccc(NC2CCSCC2)cc1C(F)(F)F. The van der Waals surface area contributed by atoms with Crippen LogP contribution < -0.4 is 11.1 Å². The van der Waals surface area contributed by atoms with E-state index < -0.39 is 11.7 Å². The second kappa shape index (κ2) is 6.22. The highest BCUT2D eigenvalue weighted by atomic mass is 32.2. The number of rotatable bonds is 3. The summed E-state index contributed by atoms with van der Waals surface area (Å²) in [5, 5.41) is 3.16. The van der Waals surface area contributed by atoms with E-state index in [0.717, 1.165) is 30.4 Å². The molecule has 1 aromatic carbocycles. The lowest BCUT2D eigenvalue weighted by Crippen LogP contribution is -2.25. The average Bonchev–Trinajstić information content (AvgIpc) is 2.38. The summed E-state index contributed by atoms with van der Waals surface area (Å²) in [6.07, 6.45) is -2.54. The third-order valence-corrected chi connectivity index (χ3v) is 4.45. The zero-order chi connectivity index (χ0) is 14.8. The maximum atomic E-state index is 13.0. The highest BCUT2D eigenvalue weighted by molar-refractivity contribution is 7.99. The number of anilines is 1. The van der Waals surface area contributed by atoms with Crippen LogP contribution in [0.15, 0.2) is 18.2 Å². The van der Waals surface area contributed by atoms with Gasteiger partial charge in [-0.2, -0.15) is 24.9 Å². The molecule has 1 aromatic rings. The number of halogens is 3. The predicted molar refractivity (Wildman–Crippen MR) is 81.3 cm³/mol. The molecule has 2 nitrogen and oxygen atoms in total. The number of hydrogen-bond donors (Lipinski definition) is 2. The Labute approximate surface area is 125 Å². The molecule has 20 heavy (non-hydrogen) atoms. The average molecular weight is 320 g/mol. The Morgan fingerprint density at radius 2 is 1.95 bits per heavy atom. The standard InChI is InChI=1S/C13H15F3N2S2/c14-13(15,16)11-7-9(1-2-10(11)12(17)19)18-8-3-5-20-6-4-8/h1-2,7-8,18H,3-6H2,(H2,17,19). The second-order valence-electron chi connectivity index (χ2n) is 4.65. The van der Waals surface area contributed by atoms with Crippen LogP contribution in [0.25, 0.3) is 0 Å². The van der Waals surface area contributed by atoms with E-state index in [9.17, 15) is 13.2 Å². The molecule has 1 heterocycles. The molecular formula is C13H15F3N2S2. The monoisotopic (exact) mass is 320 g/mol. The van der Waals surface area contributed by atoms with Gasteiger partial charge in [0.05, 0.1) is 5.56 Å². The summed E-state index contributed by atoms with van der Waals surface area (Å²) in [5.41, 5.74) is 4.92. The van der Waals surface area contributed by atoms with Crippen LogP contribution in [0.1, 0.15) is 24.0 Å². The van der Waals surface area contributed by atoms with Crippen molar-refractivity contribution in [1.82, 2.24) is 0 Å². The Morgan fingerprint density at radius 3 is 2.50 bits per heavy atom. The third kappa shape index (κ3) is 3.79. The molecule has 0 amide bonds. The molecule has 0 radical (unpaired) electrons. The van der Waals surface area contributed by atoms with Crippen molar-refractivity contribution in [2.24, 2.45) is 5.73 Å². The first-order valence-electron chi connectivity index (χ1n) is 6.23. The minimum absolute atomic E-state index is 0.128. The van der Waals surface area contributed by atoms with Crippen molar-refractivity contribution in [3.63, 3.8) is 0 Å². The van der Waals surface area contributed by atoms with Gasteiger partial charge in [-0.25, -0.2) is 0 Å². The van der Waals surface area contributed by atoms with Crippen LogP contribution >= 0.6 is 24.0 Å². The molecule has 0 saturated carbocycles. The highest BCUT2D eigenvalue weighted by Gasteiger charge is 2.34. The fourth-order valence-corrected chi connectivity index (χ4v) is 3.45. The normalized spacial score (nSPS) is 16.9. The van der Waals surface area contributed by atoms with Crippen LogP contribution in [0.2, 0.25) is 0 Å². The van der Waals surface area contributed by atoms with Crippen LogP contribution in [0.4, 0.5) is 18.9 Å². The van der Waals surface area contributed by atoms with Gasteiger partial charge in [0.2, 0.25) is 0 Å². The molecular weight excluding hydrogens is 305 g/mol. The van der Waals surface area contributed by atoms with Crippen molar-refractivity contribution in [3.8, 4) is 0 Å². The Balaban J connectivity index is 2.25. The van der Waals surface area contributed by atoms with Gasteiger partial charge in [0.25, 0.3) is 0 Å². The van der Waals surface area contributed by atoms with E-state index in [-0.39, 0.29) is 16.6 Å². The minimum Gasteiger partial charge on any atom is -0.389 e. The lowest BCUT2D eigenvalue weighted by molar-refractivity contribution is -0.137. The maximum absolute atomic E-state index is 13.0. The van der Waals surface area contributed by atoms with Crippen LogP contribution in [0, 0.1) is 0 Å². The van der Waals surface area contributed by atoms with E-state index in [4.69, 9.17) is 5.73 Å². The number of benzene rings is 1. The molecule has 0 aromatic heterocycles. The van der Waals surface area contributed by atoms with E-state index in [0.29, 0.717) is 5.69 Å². The molecule has 1 aliphatic rings. The van der Waals surface area contributed by atoms with Crippen molar-refractivity contribution in [2.75, 3.05) is 16.8 Å². The molecule has 1 fully saturated rings. The highest BCUT2D eigenvalue weighted by Crippen LogP contribution is 2.34. The van der Waals surface area contributed by atoms with Crippen molar-refractivity contribution in [1.29, 1.82) is 0 Å². The Bertz CT molecular complexity index is 497. The summed E-state index contributed by atoms with van der Waals surface area (Å²) < 4.78 is 39.1. The summed E-state index contributed by atoms with van der Waals surface area (Å²) in [6.45, 7) is 0. The predicted octanol–water partition coefficient (Wildman–Crippen LogP) is 3.65. The summed E-state index contributed by atoms with van der Waals surface area (Å²) in [5.74, 6) is 2.07. The van der Waals surface area contributed by atoms with Gasteiger partial charge in [-0.05, 0) is 42.5 Å². The zero-order valence-corrected chi connectivity index (χ0v) is 12.3. The van der Waals surface area contributed by atoms with E-state index in [2.05, 4.69) is 17.5 Å². The van der Waals surface area contributed by atoms with E-state index in [1.165, 1.54) is 6.07 Å². The topological polar surface area (TPSA) is 38.0 Å². The maximum Gasteiger partial charge on any atom is 0.417 e. The van der Waals surface area contributed by atoms with Gasteiger partial charge >= 0.3 is 6.18 Å². The van der Waals surface area contributed by atoms with Crippen molar-refractivity contribution < 1.29 is 13.2 Å². The number of thiocarbonyl (C=S) groups is 1. The van der Waals surface area contributed by atoms with Gasteiger partial charge in [0.1, 0.15) is 4.99 Å². The molecule has 0 aliphatic carbocycles. The summed E-state index contributed by atoms with van der Waals surface area (Å²) >= 11 is 6.55. The van der Waals surface area contributed by atoms with Gasteiger partial charge in [-0.15, -0.1) is 0 Å². The lowest BCUT2D eigenvalue weighted by atomic mass is 10.0. The third-order valence-electron chi connectivity index (χ3n) is 3.18. The Hall–Kier alpha value is -0.950. The molecule has 0 unspecified atom stereocenters. The van der Waals surface area contributed by atoms with Crippen molar-refractivity contribution >= 4 is 34.7 Å². The summed E-state index contributed by atoms with van der Waals surface area (Å²) in [4.78, 5) is -0.238. The first-order valence-corrected chi connectivity index (χ1v) is 7.79. The quantitative estimate of drug-likeness (QED) is 0.834. The van der Waals surface area contributed by atoms with Gasteiger partial charge in [-0.1, -0.05) is 12.2 Å². The van der Waals surface area contributed by atoms with Gasteiger partial charge in [-0.3, -0.25) is 0 Å². The fourth-order valence-electron chi connectivity index (χ4n) is 2.16. The Morgan fingerprint density at radius 1 is 1.30 bits per heavy atom. The van der Waals surface area contributed by atoms with Gasteiger partial charge in [0.15, 0.2) is 0 Å². The zero-order valence-electron chi connectivity index (χ0n) is 10.7. The summed E-state index contributed by atoms with van der Waals surface area (Å²) in [6, 6.07) is 4.26. The van der Waals surface area contributed by atoms with E-state index >= 15 is 0 Å². The first kappa shape index (κ1) is 15.4. The van der Waals surface area contributed by atoms with Crippen molar-refractivity contribution in [2.45, 2.75) is 25.1 Å². The van der Waals surface area contributed by atoms with Crippen LogP contribution in [0.3, 0.4) is 0 Å². The number of alkyl halides is 3. The molecule has 0 spiro atoms.